The molecular formula is C23H24N4O. The smallest absolute Gasteiger partial charge is 0.163 e. The number of rotatable bonds is 6. The Balaban J connectivity index is 1.66. The normalized spacial score (nSPS) is 14.0. The van der Waals surface area contributed by atoms with Gasteiger partial charge in [0.25, 0.3) is 0 Å². The maximum atomic E-state index is 11.7. The average Bonchev–Trinajstić information content (AvgIpc) is 3.22. The van der Waals surface area contributed by atoms with Crippen molar-refractivity contribution in [1.82, 2.24) is 9.97 Å². The molecule has 0 unspecified atom stereocenters. The number of Topliss-reactive ketones (excluding diaryl/α,β-unsaturated/α-hetero) is 1. The van der Waals surface area contributed by atoms with Crippen LogP contribution in [0.5, 0.6) is 0 Å². The molecular weight excluding hydrogens is 348 g/mol. The predicted molar refractivity (Wildman–Crippen MR) is 113 cm³/mol. The Kier molecular flexibility index (Phi) is 5.33. The molecule has 1 aromatic heterocycles. The van der Waals surface area contributed by atoms with Gasteiger partial charge in [0.2, 0.25) is 0 Å². The molecule has 5 heteroatoms. The summed E-state index contributed by atoms with van der Waals surface area (Å²) in [4.78, 5) is 21.1. The van der Waals surface area contributed by atoms with Crippen molar-refractivity contribution in [3.05, 3.63) is 66.2 Å². The molecule has 0 radical (unpaired) electrons. The van der Waals surface area contributed by atoms with Crippen molar-refractivity contribution < 1.29 is 4.79 Å². The molecule has 2 N–H and O–H groups in total. The van der Waals surface area contributed by atoms with Crippen molar-refractivity contribution in [3.8, 4) is 11.4 Å². The molecule has 5 nitrogen and oxygen atoms in total. The summed E-state index contributed by atoms with van der Waals surface area (Å²) < 4.78 is 0. The molecule has 0 bridgehead atoms. The summed E-state index contributed by atoms with van der Waals surface area (Å²) in [5.74, 6) is 2.25. The van der Waals surface area contributed by atoms with Crippen molar-refractivity contribution >= 4 is 23.1 Å². The minimum absolute atomic E-state index is 0.0416. The van der Waals surface area contributed by atoms with E-state index in [1.807, 2.05) is 60.7 Å². The lowest BCUT2D eigenvalue weighted by molar-refractivity contribution is 0.101. The molecule has 142 valence electrons. The lowest BCUT2D eigenvalue weighted by Crippen LogP contribution is -2.16. The first-order valence-corrected chi connectivity index (χ1v) is 9.76. The number of carbonyl (C=O) groups excluding carboxylic acids is 1. The van der Waals surface area contributed by atoms with E-state index in [1.54, 1.807) is 6.92 Å². The van der Waals surface area contributed by atoms with Crippen molar-refractivity contribution in [2.24, 2.45) is 0 Å². The summed E-state index contributed by atoms with van der Waals surface area (Å²) in [6.07, 6.45) is 4.87. The highest BCUT2D eigenvalue weighted by Gasteiger charge is 2.16. The summed E-state index contributed by atoms with van der Waals surface area (Å²) >= 11 is 0. The molecule has 0 spiro atoms. The van der Waals surface area contributed by atoms with Crippen LogP contribution in [0.4, 0.5) is 17.3 Å². The quantitative estimate of drug-likeness (QED) is 0.564. The number of anilines is 3. The van der Waals surface area contributed by atoms with Gasteiger partial charge in [-0.2, -0.15) is 0 Å². The molecule has 4 rings (SSSR count). The van der Waals surface area contributed by atoms with E-state index in [1.165, 1.54) is 25.7 Å². The van der Waals surface area contributed by atoms with E-state index >= 15 is 0 Å². The Hall–Kier alpha value is -3.21. The number of nitrogens with zero attached hydrogens (tertiary/aromatic N) is 2. The van der Waals surface area contributed by atoms with Gasteiger partial charge in [-0.15, -0.1) is 0 Å². The van der Waals surface area contributed by atoms with Crippen molar-refractivity contribution in [1.29, 1.82) is 0 Å². The van der Waals surface area contributed by atoms with Crippen LogP contribution in [0.15, 0.2) is 60.7 Å². The number of nitrogens with one attached hydrogen (secondary N) is 2. The van der Waals surface area contributed by atoms with Crippen LogP contribution in [-0.2, 0) is 0 Å². The highest BCUT2D eigenvalue weighted by molar-refractivity contribution is 5.95. The number of ketones is 1. The maximum Gasteiger partial charge on any atom is 0.163 e. The summed E-state index contributed by atoms with van der Waals surface area (Å²) in [5, 5.41) is 6.89. The Morgan fingerprint density at radius 2 is 1.68 bits per heavy atom. The highest BCUT2D eigenvalue weighted by atomic mass is 16.1. The van der Waals surface area contributed by atoms with Crippen molar-refractivity contribution in [2.45, 2.75) is 38.6 Å². The van der Waals surface area contributed by atoms with Crippen molar-refractivity contribution in [3.63, 3.8) is 0 Å². The third kappa shape index (κ3) is 4.36. The topological polar surface area (TPSA) is 66.9 Å². The number of carbonyl (C=O) groups is 1. The number of hydrogen-bond donors (Lipinski definition) is 2. The van der Waals surface area contributed by atoms with Gasteiger partial charge in [-0.25, -0.2) is 9.97 Å². The third-order valence-corrected chi connectivity index (χ3v) is 5.01. The average molecular weight is 372 g/mol. The minimum Gasteiger partial charge on any atom is -0.367 e. The van der Waals surface area contributed by atoms with Gasteiger partial charge in [0.15, 0.2) is 11.6 Å². The molecule has 3 aromatic rings. The van der Waals surface area contributed by atoms with E-state index in [0.29, 0.717) is 23.2 Å². The van der Waals surface area contributed by atoms with Crippen LogP contribution in [0, 0.1) is 0 Å². The molecule has 28 heavy (non-hydrogen) atoms. The molecule has 2 aromatic carbocycles. The van der Waals surface area contributed by atoms with E-state index in [2.05, 4.69) is 10.6 Å². The van der Waals surface area contributed by atoms with Crippen molar-refractivity contribution in [2.75, 3.05) is 10.6 Å². The summed E-state index contributed by atoms with van der Waals surface area (Å²) in [6, 6.07) is 19.8. The Morgan fingerprint density at radius 3 is 2.43 bits per heavy atom. The van der Waals surface area contributed by atoms with E-state index in [0.717, 1.165) is 17.1 Å². The van der Waals surface area contributed by atoms with Gasteiger partial charge in [0.05, 0.1) is 0 Å². The lowest BCUT2D eigenvalue weighted by atomic mass is 10.1. The fourth-order valence-electron chi connectivity index (χ4n) is 3.54. The summed E-state index contributed by atoms with van der Waals surface area (Å²) in [7, 11) is 0. The number of benzene rings is 2. The van der Waals surface area contributed by atoms with Crippen LogP contribution in [0.1, 0.15) is 43.0 Å². The van der Waals surface area contributed by atoms with Crippen LogP contribution in [-0.4, -0.2) is 21.8 Å². The SMILES string of the molecule is CC(=O)c1cccc(Nc2cc(NC3CCCC3)nc(-c3ccccc3)n2)c1. The van der Waals surface area contributed by atoms with E-state index < -0.39 is 0 Å². The molecule has 0 aliphatic heterocycles. The number of aromatic nitrogens is 2. The van der Waals surface area contributed by atoms with Gasteiger partial charge in [-0.1, -0.05) is 55.3 Å². The van der Waals surface area contributed by atoms with Gasteiger partial charge in [-0.3, -0.25) is 4.79 Å². The zero-order valence-corrected chi connectivity index (χ0v) is 16.0. The minimum atomic E-state index is 0.0416. The Bertz CT molecular complexity index is 965. The molecule has 1 aliphatic carbocycles. The van der Waals surface area contributed by atoms with Gasteiger partial charge >= 0.3 is 0 Å². The second-order valence-electron chi connectivity index (χ2n) is 7.22. The van der Waals surface area contributed by atoms with Gasteiger partial charge in [-0.05, 0) is 31.9 Å². The monoisotopic (exact) mass is 372 g/mol. The lowest BCUT2D eigenvalue weighted by Gasteiger charge is -2.15. The first kappa shape index (κ1) is 18.2. The summed E-state index contributed by atoms with van der Waals surface area (Å²) in [6.45, 7) is 1.57. The fraction of sp³-hybridized carbons (Fsp3) is 0.261. The second kappa shape index (κ2) is 8.21. The molecule has 1 heterocycles. The van der Waals surface area contributed by atoms with Gasteiger partial charge in [0.1, 0.15) is 11.6 Å². The zero-order valence-electron chi connectivity index (χ0n) is 16.0. The first-order chi connectivity index (χ1) is 13.7. The standard InChI is InChI=1S/C23H24N4O/c1-16(28)18-10-7-13-20(14-18)25-22-15-21(24-19-11-5-6-12-19)26-23(27-22)17-8-3-2-4-9-17/h2-4,7-10,13-15,19H,5-6,11-12H2,1H3,(H2,24,25,26,27). The van der Waals surface area contributed by atoms with E-state index in [4.69, 9.17) is 9.97 Å². The van der Waals surface area contributed by atoms with Crippen LogP contribution in [0.3, 0.4) is 0 Å². The Labute approximate surface area is 165 Å². The molecule has 0 saturated heterocycles. The fourth-order valence-corrected chi connectivity index (χ4v) is 3.54. The first-order valence-electron chi connectivity index (χ1n) is 9.76. The maximum absolute atomic E-state index is 11.7. The molecule has 1 saturated carbocycles. The van der Waals surface area contributed by atoms with Crippen LogP contribution >= 0.6 is 0 Å². The van der Waals surface area contributed by atoms with E-state index in [-0.39, 0.29) is 5.78 Å². The van der Waals surface area contributed by atoms with E-state index in [9.17, 15) is 4.79 Å². The third-order valence-electron chi connectivity index (χ3n) is 5.01. The zero-order chi connectivity index (χ0) is 19.3. The largest absolute Gasteiger partial charge is 0.367 e. The molecule has 0 amide bonds. The molecule has 0 atom stereocenters. The predicted octanol–water partition coefficient (Wildman–Crippen LogP) is 5.44. The van der Waals surface area contributed by atoms with Crippen LogP contribution in [0.25, 0.3) is 11.4 Å². The second-order valence-corrected chi connectivity index (χ2v) is 7.22. The van der Waals surface area contributed by atoms with Gasteiger partial charge < -0.3 is 10.6 Å². The molecule has 1 aliphatic rings. The number of hydrogen-bond acceptors (Lipinski definition) is 5. The van der Waals surface area contributed by atoms with Crippen LogP contribution < -0.4 is 10.6 Å². The molecule has 1 fully saturated rings. The van der Waals surface area contributed by atoms with Crippen LogP contribution in [0.2, 0.25) is 0 Å². The Morgan fingerprint density at radius 1 is 0.929 bits per heavy atom. The highest BCUT2D eigenvalue weighted by Crippen LogP contribution is 2.26. The van der Waals surface area contributed by atoms with Gasteiger partial charge in [0, 0.05) is 28.9 Å². The summed E-state index contributed by atoms with van der Waals surface area (Å²) in [5.41, 5.74) is 2.47.